The Balaban J connectivity index is 1.28. The van der Waals surface area contributed by atoms with Crippen LogP contribution in [0, 0.1) is 0 Å². The quantitative estimate of drug-likeness (QED) is 0.105. The van der Waals surface area contributed by atoms with Crippen molar-refractivity contribution >= 4 is 42.5 Å². The standard InChI is InChI=1S/C30H43N9O6Si/c1-30(2,3)44-29(42)34-26-22(18-39(37-26)19-43-16-17-46(4,5)6)27-33-24(45-38-27)13-12-23(40)31-14-9-15-32-25-20-10-7-8-11-21(20)28(41)36-35-25/h7-8,10-11,18H,9,12-17,19H2,1-6H3,(H,31,40)(H,32,35)(H,36,41)(H,34,37,42). The lowest BCUT2D eigenvalue weighted by atomic mass is 10.2. The van der Waals surface area contributed by atoms with Gasteiger partial charge in [-0.15, -0.1) is 0 Å². The lowest BCUT2D eigenvalue weighted by Gasteiger charge is -2.19. The van der Waals surface area contributed by atoms with E-state index in [1.807, 2.05) is 12.1 Å². The molecule has 0 aliphatic heterocycles. The first kappa shape index (κ1) is 34.3. The monoisotopic (exact) mass is 653 g/mol. The molecule has 248 valence electrons. The number of fused-ring (bicyclic) bond motifs is 1. The van der Waals surface area contributed by atoms with Gasteiger partial charge in [0.1, 0.15) is 12.3 Å². The summed E-state index contributed by atoms with van der Waals surface area (Å²) in [5.41, 5.74) is -0.512. The van der Waals surface area contributed by atoms with E-state index < -0.39 is 19.8 Å². The Morgan fingerprint density at radius 2 is 1.85 bits per heavy atom. The number of rotatable bonds is 15. The van der Waals surface area contributed by atoms with Crippen LogP contribution in [-0.4, -0.2) is 75.5 Å². The van der Waals surface area contributed by atoms with E-state index in [1.165, 1.54) is 0 Å². The van der Waals surface area contributed by atoms with Crippen molar-refractivity contribution in [1.29, 1.82) is 0 Å². The number of nitrogens with one attached hydrogen (secondary N) is 4. The fourth-order valence-corrected chi connectivity index (χ4v) is 4.98. The molecule has 0 atom stereocenters. The average Bonchev–Trinajstić information content (AvgIpc) is 3.60. The van der Waals surface area contributed by atoms with Crippen LogP contribution >= 0.6 is 0 Å². The van der Waals surface area contributed by atoms with Crippen LogP contribution in [0.1, 0.15) is 39.5 Å². The van der Waals surface area contributed by atoms with Gasteiger partial charge in [0.15, 0.2) is 11.6 Å². The van der Waals surface area contributed by atoms with Gasteiger partial charge in [0, 0.05) is 52.2 Å². The summed E-state index contributed by atoms with van der Waals surface area (Å²) in [4.78, 5) is 41.3. The normalized spacial score (nSPS) is 11.9. The number of anilines is 2. The molecule has 3 aromatic heterocycles. The molecule has 4 N–H and O–H groups in total. The highest BCUT2D eigenvalue weighted by Crippen LogP contribution is 2.26. The smallest absolute Gasteiger partial charge is 0.413 e. The number of carbonyl (C=O) groups is 2. The second-order valence-corrected chi connectivity index (χ2v) is 18.6. The lowest BCUT2D eigenvalue weighted by Crippen LogP contribution is -2.27. The van der Waals surface area contributed by atoms with E-state index in [-0.39, 0.29) is 48.6 Å². The molecular weight excluding hydrogens is 610 g/mol. The number of benzene rings is 1. The highest BCUT2D eigenvalue weighted by molar-refractivity contribution is 6.76. The van der Waals surface area contributed by atoms with E-state index in [0.29, 0.717) is 42.9 Å². The fraction of sp³-hybridized carbons (Fsp3) is 0.500. The molecule has 0 aliphatic carbocycles. The third kappa shape index (κ3) is 10.5. The van der Waals surface area contributed by atoms with Crippen molar-refractivity contribution in [2.45, 2.75) is 78.1 Å². The molecule has 0 unspecified atom stereocenters. The average molecular weight is 654 g/mol. The summed E-state index contributed by atoms with van der Waals surface area (Å²) in [5, 5.41) is 25.1. The predicted octanol–water partition coefficient (Wildman–Crippen LogP) is 4.38. The highest BCUT2D eigenvalue weighted by Gasteiger charge is 2.23. The molecular formula is C30H43N9O6Si. The number of H-pyrrole nitrogens is 1. The van der Waals surface area contributed by atoms with Crippen molar-refractivity contribution in [3.63, 3.8) is 0 Å². The van der Waals surface area contributed by atoms with E-state index >= 15 is 0 Å². The van der Waals surface area contributed by atoms with Gasteiger partial charge in [-0.05, 0) is 39.3 Å². The minimum absolute atomic E-state index is 0.147. The molecule has 0 fully saturated rings. The van der Waals surface area contributed by atoms with Crippen molar-refractivity contribution < 1.29 is 23.6 Å². The largest absolute Gasteiger partial charge is 0.444 e. The van der Waals surface area contributed by atoms with Crippen LogP contribution in [0.5, 0.6) is 0 Å². The maximum atomic E-state index is 12.5. The zero-order valence-corrected chi connectivity index (χ0v) is 28.2. The number of amides is 2. The minimum atomic E-state index is -1.25. The van der Waals surface area contributed by atoms with Gasteiger partial charge in [-0.25, -0.2) is 14.6 Å². The van der Waals surface area contributed by atoms with Crippen LogP contribution in [0.2, 0.25) is 25.7 Å². The summed E-state index contributed by atoms with van der Waals surface area (Å²) in [7, 11) is -1.25. The topological polar surface area (TPSA) is 191 Å². The molecule has 2 amide bonds. The third-order valence-electron chi connectivity index (χ3n) is 6.54. The maximum absolute atomic E-state index is 12.5. The Morgan fingerprint density at radius 3 is 2.59 bits per heavy atom. The zero-order valence-electron chi connectivity index (χ0n) is 27.2. The van der Waals surface area contributed by atoms with Gasteiger partial charge in [0.05, 0.1) is 10.9 Å². The van der Waals surface area contributed by atoms with Crippen molar-refractivity contribution in [2.75, 3.05) is 30.3 Å². The number of ether oxygens (including phenoxy) is 2. The molecule has 0 saturated carbocycles. The number of hydrogen-bond acceptors (Lipinski definition) is 11. The Kier molecular flexibility index (Phi) is 11.3. The maximum Gasteiger partial charge on any atom is 0.413 e. The zero-order chi connectivity index (χ0) is 33.3. The van der Waals surface area contributed by atoms with Gasteiger partial charge in [0.2, 0.25) is 17.6 Å². The first-order valence-electron chi connectivity index (χ1n) is 15.2. The summed E-state index contributed by atoms with van der Waals surface area (Å²) in [5.74, 6) is 1.10. The highest BCUT2D eigenvalue weighted by atomic mass is 28.3. The molecule has 0 bridgehead atoms. The third-order valence-corrected chi connectivity index (χ3v) is 8.24. The van der Waals surface area contributed by atoms with E-state index in [4.69, 9.17) is 14.0 Å². The molecule has 4 aromatic rings. The van der Waals surface area contributed by atoms with Crippen LogP contribution < -0.4 is 21.5 Å². The molecule has 46 heavy (non-hydrogen) atoms. The summed E-state index contributed by atoms with van der Waals surface area (Å²) < 4.78 is 18.1. The predicted molar refractivity (Wildman–Crippen MR) is 176 cm³/mol. The van der Waals surface area contributed by atoms with Crippen molar-refractivity contribution in [1.82, 2.24) is 35.4 Å². The summed E-state index contributed by atoms with van der Waals surface area (Å²) in [6, 6.07) is 8.23. The SMILES string of the molecule is CC(C)(C)OC(=O)Nc1nn(COCC[Si](C)(C)C)cc1-c1noc(CCC(=O)NCCCNc2n[nH]c(=O)c3ccccc23)n1. The van der Waals surface area contributed by atoms with Crippen LogP contribution in [0.25, 0.3) is 22.2 Å². The van der Waals surface area contributed by atoms with Gasteiger partial charge in [-0.2, -0.15) is 15.2 Å². The van der Waals surface area contributed by atoms with Gasteiger partial charge < -0.3 is 24.6 Å². The van der Waals surface area contributed by atoms with Crippen molar-refractivity contribution in [3.8, 4) is 11.4 Å². The summed E-state index contributed by atoms with van der Waals surface area (Å²) in [6.45, 7) is 13.9. The van der Waals surface area contributed by atoms with Crippen LogP contribution in [0.3, 0.4) is 0 Å². The number of hydrogen-bond donors (Lipinski definition) is 4. The minimum Gasteiger partial charge on any atom is -0.444 e. The number of aromatic amines is 1. The molecule has 3 heterocycles. The number of carbonyl (C=O) groups excluding carboxylic acids is 2. The summed E-state index contributed by atoms with van der Waals surface area (Å²) in [6.07, 6.45) is 2.02. The fourth-order valence-electron chi connectivity index (χ4n) is 4.23. The van der Waals surface area contributed by atoms with Gasteiger partial charge in [0.25, 0.3) is 5.56 Å². The van der Waals surface area contributed by atoms with Crippen molar-refractivity contribution in [2.24, 2.45) is 0 Å². The second-order valence-electron chi connectivity index (χ2n) is 13.0. The Hall–Kier alpha value is -4.57. The first-order valence-corrected chi connectivity index (χ1v) is 18.9. The molecule has 0 spiro atoms. The molecule has 15 nitrogen and oxygen atoms in total. The van der Waals surface area contributed by atoms with E-state index in [1.54, 1.807) is 43.8 Å². The van der Waals surface area contributed by atoms with Crippen molar-refractivity contribution in [3.05, 3.63) is 46.7 Å². The molecule has 0 aliphatic rings. The molecule has 1 aromatic carbocycles. The second kappa shape index (κ2) is 15.1. The van der Waals surface area contributed by atoms with Crippen LogP contribution in [0.15, 0.2) is 39.8 Å². The van der Waals surface area contributed by atoms with E-state index in [9.17, 15) is 14.4 Å². The van der Waals surface area contributed by atoms with E-state index in [2.05, 4.69) is 61.0 Å². The van der Waals surface area contributed by atoms with Crippen LogP contribution in [0.4, 0.5) is 16.4 Å². The molecule has 16 heteroatoms. The lowest BCUT2D eigenvalue weighted by molar-refractivity contribution is -0.121. The Labute approximate surface area is 267 Å². The summed E-state index contributed by atoms with van der Waals surface area (Å²) >= 11 is 0. The van der Waals surface area contributed by atoms with E-state index in [0.717, 1.165) is 11.4 Å². The number of nitrogens with zero attached hydrogens (tertiary/aromatic N) is 5. The number of aromatic nitrogens is 6. The Morgan fingerprint density at radius 1 is 1.09 bits per heavy atom. The molecule has 4 rings (SSSR count). The van der Waals surface area contributed by atoms with Crippen LogP contribution in [-0.2, 0) is 27.4 Å². The van der Waals surface area contributed by atoms with Gasteiger partial charge >= 0.3 is 6.09 Å². The van der Waals surface area contributed by atoms with Gasteiger partial charge in [-0.1, -0.05) is 43.0 Å². The molecule has 0 saturated heterocycles. The first-order chi connectivity index (χ1) is 21.8. The number of aryl methyl sites for hydroxylation is 1. The molecule has 0 radical (unpaired) electrons. The van der Waals surface area contributed by atoms with Gasteiger partial charge in [-0.3, -0.25) is 14.9 Å². The Bertz CT molecular complexity index is 1690.